The molecule has 4 heteroatoms. The molecule has 0 aliphatic carbocycles. The summed E-state index contributed by atoms with van der Waals surface area (Å²) in [7, 11) is 6.04. The Hall–Kier alpha value is -0.380. The number of halogens is 1. The van der Waals surface area contributed by atoms with Crippen molar-refractivity contribution in [3.63, 3.8) is 0 Å². The van der Waals surface area contributed by atoms with Gasteiger partial charge in [0.2, 0.25) is 0 Å². The highest BCUT2D eigenvalue weighted by Crippen LogP contribution is 2.38. The maximum Gasteiger partial charge on any atom is 0.132 e. The van der Waals surface area contributed by atoms with Crippen LogP contribution in [0.25, 0.3) is 0 Å². The first-order valence-electron chi connectivity index (χ1n) is 5.17. The molecule has 0 spiro atoms. The van der Waals surface area contributed by atoms with Crippen molar-refractivity contribution in [1.82, 2.24) is 4.90 Å². The number of fused-ring (bicyclic) bond motifs is 1. The highest BCUT2D eigenvalue weighted by Gasteiger charge is 2.22. The summed E-state index contributed by atoms with van der Waals surface area (Å²) in [6.45, 7) is 0. The molecule has 1 aliphatic heterocycles. The van der Waals surface area contributed by atoms with Crippen molar-refractivity contribution in [2.24, 2.45) is 0 Å². The molecule has 0 aromatic heterocycles. The van der Waals surface area contributed by atoms with Gasteiger partial charge in [-0.05, 0) is 32.1 Å². The van der Waals surface area contributed by atoms with E-state index < -0.39 is 0 Å². The molecule has 0 saturated heterocycles. The van der Waals surface area contributed by atoms with Gasteiger partial charge >= 0.3 is 0 Å². The minimum absolute atomic E-state index is 0. The van der Waals surface area contributed by atoms with Gasteiger partial charge in [0, 0.05) is 11.8 Å². The Labute approximate surface area is 108 Å². The summed E-state index contributed by atoms with van der Waals surface area (Å²) >= 11 is 1.91. The second kappa shape index (κ2) is 5.80. The molecule has 0 N–H and O–H groups in total. The molecule has 0 bridgehead atoms. The van der Waals surface area contributed by atoms with Crippen LogP contribution in [0.3, 0.4) is 0 Å². The molecule has 1 aromatic carbocycles. The maximum atomic E-state index is 5.37. The van der Waals surface area contributed by atoms with E-state index in [4.69, 9.17) is 4.74 Å². The van der Waals surface area contributed by atoms with E-state index in [1.807, 2.05) is 17.8 Å². The van der Waals surface area contributed by atoms with Gasteiger partial charge in [-0.3, -0.25) is 0 Å². The number of rotatable bonds is 2. The number of hydrogen-bond acceptors (Lipinski definition) is 3. The van der Waals surface area contributed by atoms with Gasteiger partial charge in [0.15, 0.2) is 0 Å². The lowest BCUT2D eigenvalue weighted by Crippen LogP contribution is -2.34. The van der Waals surface area contributed by atoms with E-state index in [9.17, 15) is 0 Å². The summed E-state index contributed by atoms with van der Waals surface area (Å²) in [5.41, 5.74) is 1.42. The quantitative estimate of drug-likeness (QED) is 0.810. The van der Waals surface area contributed by atoms with Crippen LogP contribution < -0.4 is 4.74 Å². The fourth-order valence-electron chi connectivity index (χ4n) is 1.87. The molecule has 0 fully saturated rings. The largest absolute Gasteiger partial charge is 0.496 e. The Kier molecular flexibility index (Phi) is 4.96. The number of likely N-dealkylation sites (N-methyl/N-ethyl adjacent to an activating group) is 1. The minimum Gasteiger partial charge on any atom is -0.496 e. The van der Waals surface area contributed by atoms with Crippen LogP contribution in [0.2, 0.25) is 0 Å². The van der Waals surface area contributed by atoms with E-state index in [0.717, 1.165) is 17.9 Å². The van der Waals surface area contributed by atoms with E-state index >= 15 is 0 Å². The molecule has 0 saturated carbocycles. The van der Waals surface area contributed by atoms with Crippen molar-refractivity contribution in [3.05, 3.63) is 23.8 Å². The zero-order chi connectivity index (χ0) is 10.8. The summed E-state index contributed by atoms with van der Waals surface area (Å²) in [5, 5.41) is 0. The zero-order valence-corrected chi connectivity index (χ0v) is 11.5. The van der Waals surface area contributed by atoms with Crippen LogP contribution in [-0.4, -0.2) is 37.9 Å². The lowest BCUT2D eigenvalue weighted by Gasteiger charge is -2.29. The van der Waals surface area contributed by atoms with E-state index in [-0.39, 0.29) is 12.4 Å². The highest BCUT2D eigenvalue weighted by molar-refractivity contribution is 7.99. The molecule has 2 nitrogen and oxygen atoms in total. The predicted molar refractivity (Wildman–Crippen MR) is 72.1 cm³/mol. The number of nitrogens with zero attached hydrogens (tertiary/aromatic N) is 1. The third-order valence-electron chi connectivity index (χ3n) is 2.89. The molecular weight excluding hydrogens is 242 g/mol. The Morgan fingerprint density at radius 3 is 2.75 bits per heavy atom. The normalized spacial score (nSPS) is 18.9. The monoisotopic (exact) mass is 259 g/mol. The van der Waals surface area contributed by atoms with Gasteiger partial charge in [-0.1, -0.05) is 12.1 Å². The summed E-state index contributed by atoms with van der Waals surface area (Å²) < 4.78 is 5.37. The molecule has 1 atom stereocenters. The Balaban J connectivity index is 0.00000128. The smallest absolute Gasteiger partial charge is 0.132 e. The van der Waals surface area contributed by atoms with Crippen LogP contribution in [0.4, 0.5) is 0 Å². The Bertz CT molecular complexity index is 357. The minimum atomic E-state index is 0. The summed E-state index contributed by atoms with van der Waals surface area (Å²) in [6, 6.07) is 6.98. The molecule has 0 radical (unpaired) electrons. The van der Waals surface area contributed by atoms with Crippen LogP contribution in [-0.2, 0) is 6.42 Å². The first kappa shape index (κ1) is 13.7. The molecule has 1 aliphatic rings. The van der Waals surface area contributed by atoms with Crippen LogP contribution in [0.5, 0.6) is 5.75 Å². The van der Waals surface area contributed by atoms with Gasteiger partial charge in [0.1, 0.15) is 5.75 Å². The standard InChI is InChI=1S/C12H17NOS.ClH/c1-13(2)10-7-9-5-4-6-11(14-3)12(9)15-8-10;/h4-6,10H,7-8H2,1-3H3;1H. The maximum absolute atomic E-state index is 5.37. The number of ether oxygens (including phenoxy) is 1. The third-order valence-corrected chi connectivity index (χ3v) is 4.19. The van der Waals surface area contributed by atoms with Crippen LogP contribution in [0, 0.1) is 0 Å². The van der Waals surface area contributed by atoms with Crippen LogP contribution >= 0.6 is 24.2 Å². The van der Waals surface area contributed by atoms with Crippen molar-refractivity contribution in [2.75, 3.05) is 27.0 Å². The Morgan fingerprint density at radius 2 is 2.12 bits per heavy atom. The first-order valence-corrected chi connectivity index (χ1v) is 6.16. The lowest BCUT2D eigenvalue weighted by atomic mass is 10.1. The van der Waals surface area contributed by atoms with Gasteiger partial charge in [-0.2, -0.15) is 0 Å². The van der Waals surface area contributed by atoms with Crippen molar-refractivity contribution in [2.45, 2.75) is 17.4 Å². The van der Waals surface area contributed by atoms with E-state index in [1.54, 1.807) is 7.11 Å². The fraction of sp³-hybridized carbons (Fsp3) is 0.500. The summed E-state index contributed by atoms with van der Waals surface area (Å²) in [4.78, 5) is 3.63. The molecule has 1 heterocycles. The van der Waals surface area contributed by atoms with Crippen molar-refractivity contribution in [3.8, 4) is 5.75 Å². The van der Waals surface area contributed by atoms with Crippen molar-refractivity contribution >= 4 is 24.2 Å². The molecule has 16 heavy (non-hydrogen) atoms. The summed E-state index contributed by atoms with van der Waals surface area (Å²) in [6.07, 6.45) is 1.13. The van der Waals surface area contributed by atoms with Crippen molar-refractivity contribution in [1.29, 1.82) is 0 Å². The molecule has 90 valence electrons. The number of benzene rings is 1. The molecule has 0 amide bonds. The van der Waals surface area contributed by atoms with Crippen LogP contribution in [0.15, 0.2) is 23.1 Å². The van der Waals surface area contributed by atoms with Gasteiger partial charge in [-0.25, -0.2) is 0 Å². The van der Waals surface area contributed by atoms with E-state index in [2.05, 4.69) is 31.1 Å². The average Bonchev–Trinajstić information content (AvgIpc) is 2.27. The SMILES string of the molecule is COc1cccc2c1SCC(N(C)C)C2.Cl. The predicted octanol–water partition coefficient (Wildman–Crippen LogP) is 2.70. The number of methoxy groups -OCH3 is 1. The van der Waals surface area contributed by atoms with Gasteiger partial charge in [-0.15, -0.1) is 24.2 Å². The fourth-order valence-corrected chi connectivity index (χ4v) is 3.28. The number of hydrogen-bond donors (Lipinski definition) is 0. The zero-order valence-electron chi connectivity index (χ0n) is 9.90. The molecule has 1 aromatic rings. The second-order valence-corrected chi connectivity index (χ2v) is 5.11. The van der Waals surface area contributed by atoms with Crippen LogP contribution in [0.1, 0.15) is 5.56 Å². The van der Waals surface area contributed by atoms with E-state index in [0.29, 0.717) is 6.04 Å². The first-order chi connectivity index (χ1) is 7.22. The van der Waals surface area contributed by atoms with Gasteiger partial charge in [0.05, 0.1) is 12.0 Å². The topological polar surface area (TPSA) is 12.5 Å². The molecular formula is C12H18ClNOS. The molecule has 1 unspecified atom stereocenters. The Morgan fingerprint density at radius 1 is 1.38 bits per heavy atom. The molecule has 2 rings (SSSR count). The second-order valence-electron chi connectivity index (χ2n) is 4.08. The lowest BCUT2D eigenvalue weighted by molar-refractivity contribution is 0.312. The van der Waals surface area contributed by atoms with Crippen molar-refractivity contribution < 1.29 is 4.74 Å². The number of thioether (sulfide) groups is 1. The third kappa shape index (κ3) is 2.65. The van der Waals surface area contributed by atoms with E-state index in [1.165, 1.54) is 10.5 Å². The average molecular weight is 260 g/mol. The highest BCUT2D eigenvalue weighted by atomic mass is 35.5. The van der Waals surface area contributed by atoms with Gasteiger partial charge in [0.25, 0.3) is 0 Å². The van der Waals surface area contributed by atoms with Gasteiger partial charge < -0.3 is 9.64 Å². The summed E-state index contributed by atoms with van der Waals surface area (Å²) in [5.74, 6) is 2.18.